The van der Waals surface area contributed by atoms with Crippen molar-refractivity contribution in [3.05, 3.63) is 46.8 Å². The molecule has 4 nitrogen and oxygen atoms in total. The minimum atomic E-state index is -2.79. The fraction of sp³-hybridized carbons (Fsp3) is 0.400. The van der Waals surface area contributed by atoms with E-state index in [1.807, 2.05) is 25.6 Å². The molecular weight excluding hydrogens is 276 g/mol. The van der Waals surface area contributed by atoms with Crippen molar-refractivity contribution in [2.24, 2.45) is 7.05 Å². The number of aryl methyl sites for hydroxylation is 2. The molecule has 2 rings (SSSR count). The SMILES string of the molecule is Cc1nn(C)c(C)c1CNCc1ccc(OC(F)F)cc1. The predicted octanol–water partition coefficient (Wildman–Crippen LogP) is 2.93. The number of hydrogen-bond acceptors (Lipinski definition) is 3. The van der Waals surface area contributed by atoms with E-state index in [0.717, 1.165) is 23.5 Å². The molecule has 0 bridgehead atoms. The summed E-state index contributed by atoms with van der Waals surface area (Å²) in [6.45, 7) is 2.61. The summed E-state index contributed by atoms with van der Waals surface area (Å²) < 4.78 is 30.3. The Labute approximate surface area is 122 Å². The second kappa shape index (κ2) is 6.67. The van der Waals surface area contributed by atoms with Crippen LogP contribution in [0.2, 0.25) is 0 Å². The van der Waals surface area contributed by atoms with Crippen molar-refractivity contribution >= 4 is 0 Å². The van der Waals surface area contributed by atoms with Gasteiger partial charge in [-0.3, -0.25) is 4.68 Å². The number of aromatic nitrogens is 2. The van der Waals surface area contributed by atoms with Gasteiger partial charge in [0.05, 0.1) is 5.69 Å². The number of nitrogens with one attached hydrogen (secondary N) is 1. The molecule has 0 unspecified atom stereocenters. The highest BCUT2D eigenvalue weighted by molar-refractivity contribution is 5.28. The summed E-state index contributed by atoms with van der Waals surface area (Å²) in [6, 6.07) is 6.63. The fourth-order valence-corrected chi connectivity index (χ4v) is 2.19. The lowest BCUT2D eigenvalue weighted by atomic mass is 10.2. The van der Waals surface area contributed by atoms with Gasteiger partial charge in [0.2, 0.25) is 0 Å². The van der Waals surface area contributed by atoms with E-state index in [0.29, 0.717) is 6.54 Å². The van der Waals surface area contributed by atoms with Crippen LogP contribution in [-0.4, -0.2) is 16.4 Å². The zero-order valence-corrected chi connectivity index (χ0v) is 12.4. The molecule has 0 radical (unpaired) electrons. The van der Waals surface area contributed by atoms with E-state index >= 15 is 0 Å². The van der Waals surface area contributed by atoms with Gasteiger partial charge < -0.3 is 10.1 Å². The Morgan fingerprint density at radius 2 is 1.86 bits per heavy atom. The van der Waals surface area contributed by atoms with Gasteiger partial charge in [0, 0.05) is 31.4 Å². The van der Waals surface area contributed by atoms with Gasteiger partial charge in [-0.25, -0.2) is 0 Å². The minimum Gasteiger partial charge on any atom is -0.435 e. The van der Waals surface area contributed by atoms with E-state index < -0.39 is 6.61 Å². The Hall–Kier alpha value is -1.95. The topological polar surface area (TPSA) is 39.1 Å². The molecule has 0 aliphatic heterocycles. The zero-order chi connectivity index (χ0) is 15.4. The lowest BCUT2D eigenvalue weighted by Crippen LogP contribution is -2.14. The van der Waals surface area contributed by atoms with Crippen LogP contribution in [0.1, 0.15) is 22.5 Å². The maximum absolute atomic E-state index is 12.0. The fourth-order valence-electron chi connectivity index (χ4n) is 2.19. The number of benzene rings is 1. The zero-order valence-electron chi connectivity index (χ0n) is 12.4. The van der Waals surface area contributed by atoms with Gasteiger partial charge in [0.1, 0.15) is 5.75 Å². The van der Waals surface area contributed by atoms with Crippen molar-refractivity contribution in [1.82, 2.24) is 15.1 Å². The average molecular weight is 295 g/mol. The molecule has 0 atom stereocenters. The third kappa shape index (κ3) is 4.01. The summed E-state index contributed by atoms with van der Waals surface area (Å²) in [5, 5.41) is 7.70. The Balaban J connectivity index is 1.88. The smallest absolute Gasteiger partial charge is 0.387 e. The molecular formula is C15H19F2N3O. The highest BCUT2D eigenvalue weighted by Crippen LogP contribution is 2.15. The van der Waals surface area contributed by atoms with Crippen molar-refractivity contribution in [2.75, 3.05) is 0 Å². The van der Waals surface area contributed by atoms with Gasteiger partial charge in [0.25, 0.3) is 0 Å². The van der Waals surface area contributed by atoms with Crippen molar-refractivity contribution in [2.45, 2.75) is 33.5 Å². The Morgan fingerprint density at radius 1 is 1.19 bits per heavy atom. The third-order valence-corrected chi connectivity index (χ3v) is 3.44. The summed E-state index contributed by atoms with van der Waals surface area (Å²) in [6.07, 6.45) is 0. The van der Waals surface area contributed by atoms with Crippen LogP contribution in [0.15, 0.2) is 24.3 Å². The quantitative estimate of drug-likeness (QED) is 0.890. The summed E-state index contributed by atoms with van der Waals surface area (Å²) in [7, 11) is 1.92. The predicted molar refractivity (Wildman–Crippen MR) is 76.3 cm³/mol. The molecule has 0 saturated heterocycles. The molecule has 1 N–H and O–H groups in total. The van der Waals surface area contributed by atoms with Gasteiger partial charge >= 0.3 is 6.61 Å². The maximum Gasteiger partial charge on any atom is 0.387 e. The molecule has 6 heteroatoms. The summed E-state index contributed by atoms with van der Waals surface area (Å²) in [4.78, 5) is 0. The number of halogens is 2. The van der Waals surface area contributed by atoms with E-state index in [1.165, 1.54) is 5.56 Å². The molecule has 21 heavy (non-hydrogen) atoms. The summed E-state index contributed by atoms with van der Waals surface area (Å²) in [5.41, 5.74) is 4.36. The van der Waals surface area contributed by atoms with Crippen LogP contribution < -0.4 is 10.1 Å². The van der Waals surface area contributed by atoms with Gasteiger partial charge in [-0.05, 0) is 31.5 Å². The van der Waals surface area contributed by atoms with Crippen molar-refractivity contribution in [3.8, 4) is 5.75 Å². The van der Waals surface area contributed by atoms with E-state index in [4.69, 9.17) is 0 Å². The number of ether oxygens (including phenoxy) is 1. The van der Waals surface area contributed by atoms with Crippen LogP contribution in [0.25, 0.3) is 0 Å². The molecule has 1 aromatic heterocycles. The van der Waals surface area contributed by atoms with Crippen LogP contribution in [0, 0.1) is 13.8 Å². The van der Waals surface area contributed by atoms with Gasteiger partial charge in [-0.15, -0.1) is 0 Å². The van der Waals surface area contributed by atoms with Crippen molar-refractivity contribution in [3.63, 3.8) is 0 Å². The summed E-state index contributed by atoms with van der Waals surface area (Å²) >= 11 is 0. The van der Waals surface area contributed by atoms with Crippen LogP contribution >= 0.6 is 0 Å². The van der Waals surface area contributed by atoms with Crippen molar-refractivity contribution in [1.29, 1.82) is 0 Å². The second-order valence-electron chi connectivity index (χ2n) is 4.90. The molecule has 2 aromatic rings. The monoisotopic (exact) mass is 295 g/mol. The highest BCUT2D eigenvalue weighted by Gasteiger charge is 2.08. The van der Waals surface area contributed by atoms with Gasteiger partial charge in [0.15, 0.2) is 0 Å². The Bertz CT molecular complexity index is 594. The molecule has 0 fully saturated rings. The Morgan fingerprint density at radius 3 is 2.38 bits per heavy atom. The molecule has 0 amide bonds. The molecule has 1 heterocycles. The first-order valence-electron chi connectivity index (χ1n) is 6.71. The van der Waals surface area contributed by atoms with E-state index in [1.54, 1.807) is 24.3 Å². The maximum atomic E-state index is 12.0. The van der Waals surface area contributed by atoms with Gasteiger partial charge in [-0.2, -0.15) is 13.9 Å². The average Bonchev–Trinajstić information content (AvgIpc) is 2.66. The first kappa shape index (κ1) is 15.4. The second-order valence-corrected chi connectivity index (χ2v) is 4.90. The van der Waals surface area contributed by atoms with Crippen LogP contribution in [0.4, 0.5) is 8.78 Å². The van der Waals surface area contributed by atoms with E-state index in [9.17, 15) is 8.78 Å². The summed E-state index contributed by atoms with van der Waals surface area (Å²) in [5.74, 6) is 0.174. The molecule has 1 aromatic carbocycles. The first-order chi connectivity index (χ1) is 9.97. The van der Waals surface area contributed by atoms with Gasteiger partial charge in [-0.1, -0.05) is 12.1 Å². The number of alkyl halides is 2. The lowest BCUT2D eigenvalue weighted by Gasteiger charge is -2.07. The van der Waals surface area contributed by atoms with Crippen LogP contribution in [0.5, 0.6) is 5.75 Å². The molecule has 114 valence electrons. The van der Waals surface area contributed by atoms with Crippen molar-refractivity contribution < 1.29 is 13.5 Å². The number of rotatable bonds is 6. The van der Waals surface area contributed by atoms with Crippen LogP contribution in [0.3, 0.4) is 0 Å². The highest BCUT2D eigenvalue weighted by atomic mass is 19.3. The molecule has 0 aliphatic carbocycles. The number of nitrogens with zero attached hydrogens (tertiary/aromatic N) is 2. The van der Waals surface area contributed by atoms with E-state index in [2.05, 4.69) is 15.2 Å². The minimum absolute atomic E-state index is 0.174. The molecule has 0 spiro atoms. The largest absolute Gasteiger partial charge is 0.435 e. The normalized spacial score (nSPS) is 11.1. The number of hydrogen-bond donors (Lipinski definition) is 1. The Kier molecular flexibility index (Phi) is 4.90. The van der Waals surface area contributed by atoms with E-state index in [-0.39, 0.29) is 5.75 Å². The standard InChI is InChI=1S/C15H19F2N3O/c1-10-14(11(2)20(3)19-10)9-18-8-12-4-6-13(7-5-12)21-15(16)17/h4-7,15,18H,8-9H2,1-3H3. The molecule has 0 aliphatic rings. The third-order valence-electron chi connectivity index (χ3n) is 3.44. The lowest BCUT2D eigenvalue weighted by molar-refractivity contribution is -0.0498. The molecule has 0 saturated carbocycles. The van der Waals surface area contributed by atoms with Crippen LogP contribution in [-0.2, 0) is 20.1 Å². The first-order valence-corrected chi connectivity index (χ1v) is 6.71.